The minimum absolute atomic E-state index is 0.105. The molecule has 8 heteroatoms. The van der Waals surface area contributed by atoms with E-state index in [1.165, 1.54) is 12.1 Å². The van der Waals surface area contributed by atoms with Gasteiger partial charge in [0, 0.05) is 24.8 Å². The van der Waals surface area contributed by atoms with Crippen molar-refractivity contribution in [3.63, 3.8) is 0 Å². The molecule has 1 aromatic carbocycles. The number of halogens is 3. The smallest absolute Gasteiger partial charge is 0.365 e. The maximum atomic E-state index is 12.9. The normalized spacial score (nSPS) is 13.7. The van der Waals surface area contributed by atoms with Crippen molar-refractivity contribution in [2.45, 2.75) is 52.4 Å². The third-order valence-corrected chi connectivity index (χ3v) is 4.52. The molecule has 3 aromatic rings. The van der Waals surface area contributed by atoms with Crippen LogP contribution in [0, 0.1) is 6.92 Å². The Morgan fingerprint density at radius 2 is 1.90 bits per heavy atom. The topological polar surface area (TPSA) is 59.8 Å². The molecule has 1 aliphatic carbocycles. The zero-order valence-electron chi connectivity index (χ0n) is 16.5. The largest absolute Gasteiger partial charge is 0.416 e. The highest BCUT2D eigenvalue weighted by molar-refractivity contribution is 5.88. The summed E-state index contributed by atoms with van der Waals surface area (Å²) in [6, 6.07) is 6.86. The van der Waals surface area contributed by atoms with E-state index in [1.807, 2.05) is 13.8 Å². The number of fused-ring (bicyclic) bond motifs is 1. The number of aryl methyl sites for hydroxylation is 1. The fourth-order valence-electron chi connectivity index (χ4n) is 3.05. The van der Waals surface area contributed by atoms with Crippen LogP contribution in [0.5, 0.6) is 0 Å². The molecule has 1 saturated carbocycles. The SMILES string of the molecule is CC.Cc1nc(NCc2cccc(C(F)(F)F)c2)c2cn(C3CC3)c(=O)cc2n1. The van der Waals surface area contributed by atoms with Crippen LogP contribution in [0.3, 0.4) is 0 Å². The van der Waals surface area contributed by atoms with Gasteiger partial charge in [0.2, 0.25) is 0 Å². The Morgan fingerprint density at radius 3 is 2.55 bits per heavy atom. The molecule has 1 aliphatic rings. The summed E-state index contributed by atoms with van der Waals surface area (Å²) in [6.45, 7) is 5.89. The fourth-order valence-corrected chi connectivity index (χ4v) is 3.05. The van der Waals surface area contributed by atoms with E-state index >= 15 is 0 Å². The maximum absolute atomic E-state index is 12.9. The van der Waals surface area contributed by atoms with Gasteiger partial charge in [-0.2, -0.15) is 13.2 Å². The van der Waals surface area contributed by atoms with Crippen molar-refractivity contribution >= 4 is 16.7 Å². The first-order valence-corrected chi connectivity index (χ1v) is 9.62. The van der Waals surface area contributed by atoms with Crippen molar-refractivity contribution in [3.8, 4) is 0 Å². The van der Waals surface area contributed by atoms with E-state index in [9.17, 15) is 18.0 Å². The lowest BCUT2D eigenvalue weighted by Crippen LogP contribution is -2.18. The molecule has 1 fully saturated rings. The van der Waals surface area contributed by atoms with Gasteiger partial charge in [0.05, 0.1) is 16.5 Å². The molecule has 0 bridgehead atoms. The standard InChI is InChI=1S/C19H17F3N4O.C2H6/c1-11-24-16-8-17(27)26(14-5-6-14)10-15(16)18(25-11)23-9-12-3-2-4-13(7-12)19(20,21)22;1-2/h2-4,7-8,10,14H,5-6,9H2,1H3,(H,23,24,25);1-2H3. The summed E-state index contributed by atoms with van der Waals surface area (Å²) in [4.78, 5) is 20.9. The van der Waals surface area contributed by atoms with Gasteiger partial charge in [-0.15, -0.1) is 0 Å². The minimum Gasteiger partial charge on any atom is -0.365 e. The van der Waals surface area contributed by atoms with E-state index in [1.54, 1.807) is 23.8 Å². The van der Waals surface area contributed by atoms with E-state index in [4.69, 9.17) is 0 Å². The monoisotopic (exact) mass is 404 g/mol. The summed E-state index contributed by atoms with van der Waals surface area (Å²) < 4.78 is 40.3. The summed E-state index contributed by atoms with van der Waals surface area (Å²) in [6.07, 6.45) is -0.714. The molecule has 2 aromatic heterocycles. The number of hydrogen-bond acceptors (Lipinski definition) is 4. The third-order valence-electron chi connectivity index (χ3n) is 4.52. The molecular formula is C21H23F3N4O. The van der Waals surface area contributed by atoms with Gasteiger partial charge >= 0.3 is 6.18 Å². The fraction of sp³-hybridized carbons (Fsp3) is 0.381. The van der Waals surface area contributed by atoms with Crippen LogP contribution in [0.4, 0.5) is 19.0 Å². The Bertz CT molecular complexity index is 1070. The highest BCUT2D eigenvalue weighted by Gasteiger charge is 2.30. The molecule has 0 atom stereocenters. The zero-order chi connectivity index (χ0) is 21.2. The lowest BCUT2D eigenvalue weighted by Gasteiger charge is -2.13. The zero-order valence-corrected chi connectivity index (χ0v) is 16.5. The first-order chi connectivity index (χ1) is 13.8. The lowest BCUT2D eigenvalue weighted by molar-refractivity contribution is -0.137. The number of hydrogen-bond donors (Lipinski definition) is 1. The van der Waals surface area contributed by atoms with Crippen LogP contribution in [-0.4, -0.2) is 14.5 Å². The summed E-state index contributed by atoms with van der Waals surface area (Å²) in [5, 5.41) is 3.78. The molecule has 0 unspecified atom stereocenters. The van der Waals surface area contributed by atoms with Crippen LogP contribution < -0.4 is 10.9 Å². The number of pyridine rings is 1. The van der Waals surface area contributed by atoms with Crippen molar-refractivity contribution < 1.29 is 13.2 Å². The molecule has 154 valence electrons. The average molecular weight is 404 g/mol. The lowest BCUT2D eigenvalue weighted by atomic mass is 10.1. The maximum Gasteiger partial charge on any atom is 0.416 e. The third kappa shape index (κ3) is 4.75. The Labute approximate surface area is 166 Å². The van der Waals surface area contributed by atoms with Gasteiger partial charge in [0.1, 0.15) is 11.6 Å². The van der Waals surface area contributed by atoms with E-state index in [2.05, 4.69) is 15.3 Å². The molecule has 0 radical (unpaired) electrons. The number of benzene rings is 1. The Hall–Kier alpha value is -2.90. The van der Waals surface area contributed by atoms with Crippen LogP contribution in [0.15, 0.2) is 41.3 Å². The molecule has 0 amide bonds. The Balaban J connectivity index is 0.00000117. The van der Waals surface area contributed by atoms with E-state index < -0.39 is 11.7 Å². The minimum atomic E-state index is -4.38. The van der Waals surface area contributed by atoms with Gasteiger partial charge in [0.15, 0.2) is 0 Å². The molecule has 2 heterocycles. The molecule has 0 spiro atoms. The van der Waals surface area contributed by atoms with Gasteiger partial charge in [-0.05, 0) is 37.5 Å². The van der Waals surface area contributed by atoms with Crippen molar-refractivity contribution in [2.24, 2.45) is 0 Å². The summed E-state index contributed by atoms with van der Waals surface area (Å²) in [7, 11) is 0. The Morgan fingerprint density at radius 1 is 1.17 bits per heavy atom. The number of rotatable bonds is 4. The van der Waals surface area contributed by atoms with Gasteiger partial charge in [-0.3, -0.25) is 4.79 Å². The first-order valence-electron chi connectivity index (χ1n) is 9.62. The number of nitrogens with one attached hydrogen (secondary N) is 1. The molecule has 5 nitrogen and oxygen atoms in total. The van der Waals surface area contributed by atoms with Crippen LogP contribution >= 0.6 is 0 Å². The molecule has 4 rings (SSSR count). The molecule has 29 heavy (non-hydrogen) atoms. The highest BCUT2D eigenvalue weighted by Crippen LogP contribution is 2.34. The van der Waals surface area contributed by atoms with Gasteiger partial charge in [-0.1, -0.05) is 26.0 Å². The Kier molecular flexibility index (Phi) is 5.91. The van der Waals surface area contributed by atoms with Crippen LogP contribution in [0.1, 0.15) is 49.7 Å². The molecule has 0 aliphatic heterocycles. The second-order valence-electron chi connectivity index (χ2n) is 6.72. The quantitative estimate of drug-likeness (QED) is 0.658. The van der Waals surface area contributed by atoms with Gasteiger partial charge in [-0.25, -0.2) is 9.97 Å². The van der Waals surface area contributed by atoms with Gasteiger partial charge < -0.3 is 9.88 Å². The predicted molar refractivity (Wildman–Crippen MR) is 107 cm³/mol. The van der Waals surface area contributed by atoms with Crippen molar-refractivity contribution in [1.82, 2.24) is 14.5 Å². The van der Waals surface area contributed by atoms with E-state index in [0.29, 0.717) is 28.1 Å². The van der Waals surface area contributed by atoms with Crippen molar-refractivity contribution in [2.75, 3.05) is 5.32 Å². The molecular weight excluding hydrogens is 381 g/mol. The van der Waals surface area contributed by atoms with E-state index in [-0.39, 0.29) is 18.1 Å². The summed E-state index contributed by atoms with van der Waals surface area (Å²) in [5.41, 5.74) is 0.223. The number of anilines is 1. The van der Waals surface area contributed by atoms with Crippen LogP contribution in [0.2, 0.25) is 0 Å². The first kappa shape index (κ1) is 20.8. The van der Waals surface area contributed by atoms with Crippen molar-refractivity contribution in [1.29, 1.82) is 0 Å². The van der Waals surface area contributed by atoms with E-state index in [0.717, 1.165) is 25.0 Å². The number of aromatic nitrogens is 3. The van der Waals surface area contributed by atoms with Crippen LogP contribution in [0.25, 0.3) is 10.9 Å². The number of alkyl halides is 3. The second-order valence-corrected chi connectivity index (χ2v) is 6.72. The molecule has 0 saturated heterocycles. The molecule has 1 N–H and O–H groups in total. The predicted octanol–water partition coefficient (Wildman–Crippen LogP) is 5.09. The highest BCUT2D eigenvalue weighted by atomic mass is 19.4. The summed E-state index contributed by atoms with van der Waals surface area (Å²) in [5.74, 6) is 0.988. The van der Waals surface area contributed by atoms with Gasteiger partial charge in [0.25, 0.3) is 5.56 Å². The average Bonchev–Trinajstić information content (AvgIpc) is 3.52. The van der Waals surface area contributed by atoms with Crippen molar-refractivity contribution in [3.05, 3.63) is 63.8 Å². The number of nitrogens with zero attached hydrogens (tertiary/aromatic N) is 3. The second kappa shape index (κ2) is 8.23. The summed E-state index contributed by atoms with van der Waals surface area (Å²) >= 11 is 0. The van der Waals surface area contributed by atoms with Crippen LogP contribution in [-0.2, 0) is 12.7 Å².